The molecule has 0 saturated heterocycles. The maximum Gasteiger partial charge on any atom is 0.210 e. The summed E-state index contributed by atoms with van der Waals surface area (Å²) < 4.78 is 9.77. The summed E-state index contributed by atoms with van der Waals surface area (Å²) in [7, 11) is 0. The van der Waals surface area contributed by atoms with Crippen molar-refractivity contribution in [2.75, 3.05) is 31.1 Å². The first kappa shape index (κ1) is 25.8. The van der Waals surface area contributed by atoms with Gasteiger partial charge in [-0.3, -0.25) is 0 Å². The molecule has 0 amide bonds. The fourth-order valence-electron chi connectivity index (χ4n) is 7.87. The summed E-state index contributed by atoms with van der Waals surface area (Å²) >= 11 is 26.9. The van der Waals surface area contributed by atoms with Crippen molar-refractivity contribution in [3.63, 3.8) is 0 Å². The van der Waals surface area contributed by atoms with Crippen LogP contribution in [0.1, 0.15) is 71.9 Å². The molecule has 0 atom stereocenters. The van der Waals surface area contributed by atoms with E-state index in [9.17, 15) is 0 Å². The second-order valence-corrected chi connectivity index (χ2v) is 13.4. The van der Waals surface area contributed by atoms with Crippen LogP contribution in [0, 0.1) is 0 Å². The summed E-state index contributed by atoms with van der Waals surface area (Å²) in [6, 6.07) is 6.66. The van der Waals surface area contributed by atoms with Crippen molar-refractivity contribution >= 4 is 57.7 Å². The van der Waals surface area contributed by atoms with Gasteiger partial charge >= 0.3 is 0 Å². The fraction of sp³-hybridized carbons (Fsp3) is 0.424. The number of hydrogen-bond acceptors (Lipinski definition) is 2. The summed E-state index contributed by atoms with van der Waals surface area (Å²) in [6.45, 7) is 4.48. The van der Waals surface area contributed by atoms with Crippen molar-refractivity contribution in [2.24, 2.45) is 0 Å². The lowest BCUT2D eigenvalue weighted by atomic mass is 9.84. The predicted octanol–water partition coefficient (Wildman–Crippen LogP) is 7.52. The van der Waals surface area contributed by atoms with Crippen molar-refractivity contribution in [1.29, 1.82) is 0 Å². The van der Waals surface area contributed by atoms with Crippen LogP contribution in [0.3, 0.4) is 0 Å². The molecule has 40 heavy (non-hydrogen) atoms. The maximum atomic E-state index is 7.17. The lowest BCUT2D eigenvalue weighted by molar-refractivity contribution is 0.442. The molecule has 3 aromatic rings. The Labute approximate surface area is 254 Å². The molecule has 3 nitrogen and oxygen atoms in total. The topological polar surface area (TPSA) is 15.5 Å². The molecule has 8 rings (SSSR count). The Hall–Kier alpha value is -1.91. The summed E-state index contributed by atoms with van der Waals surface area (Å²) in [6.07, 6.45) is 11.3. The standard InChI is InChI=1S/C33H31Cl4N2O/c34-25-17-22(27(35)29(37)28(25)36)26-23-15-18-7-1-3-11-38-13-5-9-20(30(18)38)32(23)40-33-21-10-6-14-39-12-4-2-8-19(31(21)39)16-24(26)33/h15-17H,1-14H2/q+1. The van der Waals surface area contributed by atoms with Crippen molar-refractivity contribution in [1.82, 2.24) is 4.58 Å². The molecule has 5 aliphatic heterocycles. The van der Waals surface area contributed by atoms with E-state index in [1.807, 2.05) is 6.07 Å². The normalized spacial score (nSPS) is 19.1. The van der Waals surface area contributed by atoms with Crippen molar-refractivity contribution in [3.8, 4) is 11.5 Å². The van der Waals surface area contributed by atoms with Crippen LogP contribution in [-0.2, 0) is 25.7 Å². The lowest BCUT2D eigenvalue weighted by Gasteiger charge is -2.35. The first-order chi connectivity index (χ1) is 19.5. The van der Waals surface area contributed by atoms with Crippen LogP contribution in [0.2, 0.25) is 20.1 Å². The van der Waals surface area contributed by atoms with Gasteiger partial charge in [0.2, 0.25) is 5.36 Å². The minimum Gasteiger partial charge on any atom is -0.455 e. The molecule has 0 fully saturated rings. The average molecular weight is 613 g/mol. The molecule has 0 saturated carbocycles. The van der Waals surface area contributed by atoms with Gasteiger partial charge in [-0.15, -0.1) is 0 Å². The first-order valence-corrected chi connectivity index (χ1v) is 16.3. The summed E-state index contributed by atoms with van der Waals surface area (Å²) in [5.74, 6) is 1.99. The van der Waals surface area contributed by atoms with Gasteiger partial charge in [0.1, 0.15) is 24.6 Å². The SMILES string of the molecule is Clc1cc(C2=c3cc4c5c(c3Oc3c2cc2c6c3CCCN6CCCC2)CCC[N+]=5CCCC4)c(Cl)c(Cl)c1Cl. The molecule has 0 unspecified atom stereocenters. The Bertz CT molecular complexity index is 1740. The van der Waals surface area contributed by atoms with E-state index in [1.165, 1.54) is 59.0 Å². The van der Waals surface area contributed by atoms with E-state index in [1.54, 1.807) is 0 Å². The van der Waals surface area contributed by atoms with E-state index in [0.29, 0.717) is 20.1 Å². The van der Waals surface area contributed by atoms with E-state index in [0.717, 1.165) is 98.1 Å². The molecule has 0 aromatic heterocycles. The third-order valence-electron chi connectivity index (χ3n) is 9.56. The van der Waals surface area contributed by atoms with Crippen LogP contribution < -0.4 is 24.8 Å². The minimum atomic E-state index is 0.297. The van der Waals surface area contributed by atoms with Gasteiger partial charge in [0.25, 0.3) is 0 Å². The summed E-state index contributed by atoms with van der Waals surface area (Å²) in [4.78, 5) is 2.60. The quantitative estimate of drug-likeness (QED) is 0.126. The Kier molecular flexibility index (Phi) is 6.34. The third-order valence-corrected chi connectivity index (χ3v) is 11.3. The molecule has 0 bridgehead atoms. The molecule has 0 N–H and O–H groups in total. The van der Waals surface area contributed by atoms with E-state index >= 15 is 0 Å². The van der Waals surface area contributed by atoms with E-state index in [4.69, 9.17) is 51.1 Å². The van der Waals surface area contributed by atoms with Crippen LogP contribution in [0.5, 0.6) is 11.5 Å². The van der Waals surface area contributed by atoms with E-state index in [2.05, 4.69) is 21.6 Å². The third kappa shape index (κ3) is 3.80. The summed E-state index contributed by atoms with van der Waals surface area (Å²) in [5, 5.41) is 3.98. The van der Waals surface area contributed by atoms with E-state index in [-0.39, 0.29) is 0 Å². The minimum absolute atomic E-state index is 0.297. The van der Waals surface area contributed by atoms with E-state index < -0.39 is 0 Å². The van der Waals surface area contributed by atoms with Crippen molar-refractivity contribution in [2.45, 2.75) is 64.2 Å². The Morgan fingerprint density at radius 1 is 0.650 bits per heavy atom. The molecular formula is C33H31Cl4N2O+. The largest absolute Gasteiger partial charge is 0.455 e. The van der Waals surface area contributed by atoms with Gasteiger partial charge in [-0.1, -0.05) is 46.4 Å². The second kappa shape index (κ2) is 9.83. The smallest absolute Gasteiger partial charge is 0.210 e. The molecule has 0 aliphatic carbocycles. The summed E-state index contributed by atoms with van der Waals surface area (Å²) in [5.41, 5.74) is 9.95. The van der Waals surface area contributed by atoms with Crippen molar-refractivity contribution < 1.29 is 4.74 Å². The number of nitrogens with zero attached hydrogens (tertiary/aromatic N) is 2. The molecule has 0 radical (unpaired) electrons. The monoisotopic (exact) mass is 611 g/mol. The molecule has 0 spiro atoms. The zero-order valence-electron chi connectivity index (χ0n) is 22.4. The second-order valence-electron chi connectivity index (χ2n) is 11.9. The Morgan fingerprint density at radius 3 is 2.33 bits per heavy atom. The fourth-order valence-corrected chi connectivity index (χ4v) is 8.77. The number of hydrogen-bond donors (Lipinski definition) is 0. The number of benzene rings is 3. The van der Waals surface area contributed by atoms with Gasteiger partial charge in [-0.2, -0.15) is 0 Å². The lowest BCUT2D eigenvalue weighted by Crippen LogP contribution is -2.41. The highest BCUT2D eigenvalue weighted by Gasteiger charge is 2.35. The highest BCUT2D eigenvalue weighted by molar-refractivity contribution is 6.52. The van der Waals surface area contributed by atoms with Gasteiger partial charge in [0.15, 0.2) is 0 Å². The molecule has 5 heterocycles. The van der Waals surface area contributed by atoms with Gasteiger partial charge < -0.3 is 9.64 Å². The highest BCUT2D eigenvalue weighted by Crippen LogP contribution is 2.50. The number of fused-ring (bicyclic) bond motifs is 4. The number of aryl methyl sites for hydroxylation is 2. The average Bonchev–Trinajstić information content (AvgIpc) is 3.31. The number of ether oxygens (including phenoxy) is 1. The Morgan fingerprint density at radius 2 is 1.43 bits per heavy atom. The highest BCUT2D eigenvalue weighted by atomic mass is 35.5. The Balaban J connectivity index is 1.54. The van der Waals surface area contributed by atoms with Crippen LogP contribution in [0.4, 0.5) is 5.69 Å². The number of anilines is 1. The van der Waals surface area contributed by atoms with Crippen molar-refractivity contribution in [3.05, 3.63) is 82.2 Å². The number of rotatable bonds is 1. The zero-order chi connectivity index (χ0) is 27.1. The molecule has 206 valence electrons. The zero-order valence-corrected chi connectivity index (χ0v) is 25.5. The predicted molar refractivity (Wildman–Crippen MR) is 166 cm³/mol. The van der Waals surface area contributed by atoms with Crippen LogP contribution in [0.15, 0.2) is 18.2 Å². The van der Waals surface area contributed by atoms with Crippen LogP contribution >= 0.6 is 46.4 Å². The first-order valence-electron chi connectivity index (χ1n) is 14.8. The molecule has 7 heteroatoms. The molecule has 3 aromatic carbocycles. The number of halogens is 4. The van der Waals surface area contributed by atoms with Crippen LogP contribution in [-0.4, -0.2) is 26.2 Å². The maximum absolute atomic E-state index is 7.17. The van der Waals surface area contributed by atoms with Gasteiger partial charge in [-0.05, 0) is 75.1 Å². The van der Waals surface area contributed by atoms with Crippen LogP contribution in [0.25, 0.3) is 5.57 Å². The van der Waals surface area contributed by atoms with Gasteiger partial charge in [0.05, 0.1) is 25.7 Å². The van der Waals surface area contributed by atoms with Gasteiger partial charge in [-0.25, -0.2) is 4.58 Å². The van der Waals surface area contributed by atoms with Gasteiger partial charge in [0, 0.05) is 64.7 Å². The molecular weight excluding hydrogens is 582 g/mol. The molecule has 5 aliphatic rings.